The second-order valence-electron chi connectivity index (χ2n) is 22.7. The van der Waals surface area contributed by atoms with E-state index >= 15 is 0 Å². The van der Waals surface area contributed by atoms with E-state index in [0.29, 0.717) is 19.3 Å². The number of esters is 3. The molecule has 0 heterocycles. The van der Waals surface area contributed by atoms with E-state index < -0.39 is 6.10 Å². The fraction of sp³-hybridized carbons (Fsp3) is 0.817. The van der Waals surface area contributed by atoms with Crippen LogP contribution in [0.1, 0.15) is 355 Å². The highest BCUT2D eigenvalue weighted by Gasteiger charge is 2.19. The molecule has 0 radical (unpaired) electrons. The normalized spacial score (nSPS) is 12.4. The summed E-state index contributed by atoms with van der Waals surface area (Å²) in [6.07, 6.45) is 84.0. The summed E-state index contributed by atoms with van der Waals surface area (Å²) in [5, 5.41) is 0. The van der Waals surface area contributed by atoms with Gasteiger partial charge in [0, 0.05) is 19.3 Å². The van der Waals surface area contributed by atoms with E-state index in [2.05, 4.69) is 81.5 Å². The molecule has 0 aromatic carbocycles. The van der Waals surface area contributed by atoms with Gasteiger partial charge in [-0.25, -0.2) is 0 Å². The minimum absolute atomic E-state index is 0.0718. The van der Waals surface area contributed by atoms with Crippen molar-refractivity contribution in [1.82, 2.24) is 0 Å². The third-order valence-electron chi connectivity index (χ3n) is 15.0. The van der Waals surface area contributed by atoms with E-state index in [1.807, 2.05) is 0 Å². The molecule has 0 aliphatic rings. The average molecular weight is 1080 g/mol. The van der Waals surface area contributed by atoms with E-state index in [1.165, 1.54) is 238 Å². The fourth-order valence-electron chi connectivity index (χ4n) is 9.89. The third-order valence-corrected chi connectivity index (χ3v) is 15.0. The zero-order chi connectivity index (χ0) is 55.7. The molecule has 0 N–H and O–H groups in total. The highest BCUT2D eigenvalue weighted by atomic mass is 16.6. The van der Waals surface area contributed by atoms with E-state index in [1.54, 1.807) is 0 Å². The zero-order valence-corrected chi connectivity index (χ0v) is 51.5. The number of rotatable bonds is 62. The Morgan fingerprint density at radius 3 is 0.753 bits per heavy atom. The summed E-state index contributed by atoms with van der Waals surface area (Å²) in [5.41, 5.74) is 0. The minimum Gasteiger partial charge on any atom is -0.462 e. The lowest BCUT2D eigenvalue weighted by molar-refractivity contribution is -0.167. The van der Waals surface area contributed by atoms with Crippen molar-refractivity contribution in [1.29, 1.82) is 0 Å². The van der Waals surface area contributed by atoms with Crippen molar-refractivity contribution in [3.8, 4) is 0 Å². The van der Waals surface area contributed by atoms with Gasteiger partial charge in [-0.2, -0.15) is 0 Å². The smallest absolute Gasteiger partial charge is 0.306 e. The first-order chi connectivity index (χ1) is 38.0. The lowest BCUT2D eigenvalue weighted by atomic mass is 10.0. The molecule has 77 heavy (non-hydrogen) atoms. The monoisotopic (exact) mass is 1080 g/mol. The van der Waals surface area contributed by atoms with Gasteiger partial charge in [0.25, 0.3) is 0 Å². The van der Waals surface area contributed by atoms with Crippen LogP contribution < -0.4 is 0 Å². The topological polar surface area (TPSA) is 78.9 Å². The molecular formula is C71H128O6. The Balaban J connectivity index is 4.11. The SMILES string of the molecule is CCCCC/C=C\C/C=C\CCCCCCCCCCCC(=O)OC(COC(=O)CCCCCCCCCCC)COC(=O)CCCCCCCCCCCCCCCCCC/C=C\C/C=C\C/C=C\CCCCCCC. The van der Waals surface area contributed by atoms with Crippen molar-refractivity contribution < 1.29 is 28.6 Å². The van der Waals surface area contributed by atoms with Crippen LogP contribution in [0.5, 0.6) is 0 Å². The van der Waals surface area contributed by atoms with E-state index in [0.717, 1.165) is 77.0 Å². The van der Waals surface area contributed by atoms with Crippen molar-refractivity contribution in [3.63, 3.8) is 0 Å². The van der Waals surface area contributed by atoms with Crippen LogP contribution in [0.4, 0.5) is 0 Å². The van der Waals surface area contributed by atoms with Crippen LogP contribution in [0.3, 0.4) is 0 Å². The molecule has 0 saturated carbocycles. The number of allylic oxidation sites excluding steroid dienone is 10. The molecule has 0 aromatic rings. The maximum Gasteiger partial charge on any atom is 0.306 e. The van der Waals surface area contributed by atoms with Crippen molar-refractivity contribution in [2.24, 2.45) is 0 Å². The van der Waals surface area contributed by atoms with Crippen LogP contribution in [0.25, 0.3) is 0 Å². The average Bonchev–Trinajstić information content (AvgIpc) is 3.43. The Morgan fingerprint density at radius 1 is 0.260 bits per heavy atom. The van der Waals surface area contributed by atoms with E-state index in [9.17, 15) is 14.4 Å². The van der Waals surface area contributed by atoms with Gasteiger partial charge < -0.3 is 14.2 Å². The summed E-state index contributed by atoms with van der Waals surface area (Å²) in [5.74, 6) is -0.860. The summed E-state index contributed by atoms with van der Waals surface area (Å²) in [6.45, 7) is 6.62. The lowest BCUT2D eigenvalue weighted by Crippen LogP contribution is -2.30. The molecular weight excluding hydrogens is 949 g/mol. The highest BCUT2D eigenvalue weighted by Crippen LogP contribution is 2.17. The highest BCUT2D eigenvalue weighted by molar-refractivity contribution is 5.71. The molecule has 0 amide bonds. The largest absolute Gasteiger partial charge is 0.462 e. The molecule has 6 nitrogen and oxygen atoms in total. The van der Waals surface area contributed by atoms with Crippen LogP contribution in [-0.4, -0.2) is 37.2 Å². The van der Waals surface area contributed by atoms with Gasteiger partial charge in [-0.1, -0.05) is 306 Å². The molecule has 0 spiro atoms. The Hall–Kier alpha value is -2.89. The van der Waals surface area contributed by atoms with Gasteiger partial charge in [0.2, 0.25) is 0 Å². The third kappa shape index (κ3) is 63.8. The number of ether oxygens (including phenoxy) is 3. The second-order valence-corrected chi connectivity index (χ2v) is 22.7. The van der Waals surface area contributed by atoms with E-state index in [-0.39, 0.29) is 31.1 Å². The van der Waals surface area contributed by atoms with Crippen LogP contribution in [0.2, 0.25) is 0 Å². The predicted molar refractivity (Wildman–Crippen MR) is 335 cm³/mol. The van der Waals surface area contributed by atoms with E-state index in [4.69, 9.17) is 14.2 Å². The number of hydrogen-bond acceptors (Lipinski definition) is 6. The lowest BCUT2D eigenvalue weighted by Gasteiger charge is -2.18. The first-order valence-electron chi connectivity index (χ1n) is 33.8. The molecule has 0 bridgehead atoms. The van der Waals surface area contributed by atoms with Crippen LogP contribution in [-0.2, 0) is 28.6 Å². The van der Waals surface area contributed by atoms with Crippen molar-refractivity contribution in [2.45, 2.75) is 361 Å². The van der Waals surface area contributed by atoms with Gasteiger partial charge in [-0.3, -0.25) is 14.4 Å². The summed E-state index contributed by atoms with van der Waals surface area (Å²) in [6, 6.07) is 0. The molecule has 0 aliphatic heterocycles. The Bertz CT molecular complexity index is 1380. The van der Waals surface area contributed by atoms with Gasteiger partial charge >= 0.3 is 17.9 Å². The number of unbranched alkanes of at least 4 members (excludes halogenated alkanes) is 41. The van der Waals surface area contributed by atoms with Gasteiger partial charge in [-0.15, -0.1) is 0 Å². The first kappa shape index (κ1) is 74.1. The summed E-state index contributed by atoms with van der Waals surface area (Å²) < 4.78 is 16.9. The molecule has 6 heteroatoms. The molecule has 448 valence electrons. The summed E-state index contributed by atoms with van der Waals surface area (Å²) in [7, 11) is 0. The molecule has 0 aliphatic carbocycles. The van der Waals surface area contributed by atoms with Gasteiger partial charge in [0.05, 0.1) is 0 Å². The molecule has 0 rings (SSSR count). The number of hydrogen-bond donors (Lipinski definition) is 0. The number of carbonyl (C=O) groups excluding carboxylic acids is 3. The molecule has 1 unspecified atom stereocenters. The Labute approximate surface area is 479 Å². The number of carbonyl (C=O) groups is 3. The van der Waals surface area contributed by atoms with Gasteiger partial charge in [-0.05, 0) is 89.9 Å². The molecule has 0 fully saturated rings. The van der Waals surface area contributed by atoms with Crippen LogP contribution >= 0.6 is 0 Å². The van der Waals surface area contributed by atoms with Gasteiger partial charge in [0.1, 0.15) is 13.2 Å². The minimum atomic E-state index is -0.773. The summed E-state index contributed by atoms with van der Waals surface area (Å²) >= 11 is 0. The Morgan fingerprint density at radius 2 is 0.468 bits per heavy atom. The maximum atomic E-state index is 12.9. The van der Waals surface area contributed by atoms with Crippen LogP contribution in [0.15, 0.2) is 60.8 Å². The first-order valence-corrected chi connectivity index (χ1v) is 33.8. The summed E-state index contributed by atoms with van der Waals surface area (Å²) in [4.78, 5) is 38.2. The fourth-order valence-corrected chi connectivity index (χ4v) is 9.89. The molecule has 0 aromatic heterocycles. The van der Waals surface area contributed by atoms with Crippen molar-refractivity contribution in [3.05, 3.63) is 60.8 Å². The standard InChI is InChI=1S/C71H128O6/c1-4-7-10-13-16-19-21-23-25-27-29-30-31-32-33-34-35-36-37-38-39-40-42-43-45-47-49-52-55-58-61-64-70(73)76-67-68(66-75-69(72)63-60-57-54-51-18-15-12-9-6-3)77-71(74)65-62-59-56-53-50-48-46-44-41-28-26-24-22-20-17-14-11-8-5-2/h17,20-21,23-24,26-27,29,31-32,68H,4-16,18-19,22,25,28,30,33-67H2,1-3H3/b20-17-,23-21-,26-24-,29-27-,32-31-. The quantitative estimate of drug-likeness (QED) is 0.0261. The Kier molecular flexibility index (Phi) is 63.2. The van der Waals surface area contributed by atoms with Crippen LogP contribution in [0, 0.1) is 0 Å². The second kappa shape index (κ2) is 65.6. The maximum absolute atomic E-state index is 12.9. The molecule has 0 saturated heterocycles. The van der Waals surface area contributed by atoms with Crippen molar-refractivity contribution >= 4 is 17.9 Å². The molecule has 1 atom stereocenters. The predicted octanol–water partition coefficient (Wildman–Crippen LogP) is 23.1. The zero-order valence-electron chi connectivity index (χ0n) is 51.5. The van der Waals surface area contributed by atoms with Gasteiger partial charge in [0.15, 0.2) is 6.10 Å². The van der Waals surface area contributed by atoms with Crippen molar-refractivity contribution in [2.75, 3.05) is 13.2 Å².